The zero-order chi connectivity index (χ0) is 20.0. The van der Waals surface area contributed by atoms with E-state index in [0.717, 1.165) is 16.7 Å². The van der Waals surface area contributed by atoms with Crippen LogP contribution in [0, 0.1) is 13.8 Å². The smallest absolute Gasteiger partial charge is 0.232 e. The summed E-state index contributed by atoms with van der Waals surface area (Å²) in [7, 11) is -3.48. The van der Waals surface area contributed by atoms with Crippen molar-refractivity contribution in [2.45, 2.75) is 33.7 Å². The topological polar surface area (TPSA) is 57.7 Å². The fourth-order valence-electron chi connectivity index (χ4n) is 3.09. The van der Waals surface area contributed by atoms with Crippen molar-refractivity contribution in [2.75, 3.05) is 23.7 Å². The lowest BCUT2D eigenvalue weighted by molar-refractivity contribution is -0.131. The highest BCUT2D eigenvalue weighted by Gasteiger charge is 2.22. The number of hydrogen-bond acceptors (Lipinski definition) is 3. The maximum atomic E-state index is 12.7. The lowest BCUT2D eigenvalue weighted by atomic mass is 10.1. The number of hydrogen-bond donors (Lipinski definition) is 0. The molecule has 0 atom stereocenters. The van der Waals surface area contributed by atoms with Crippen molar-refractivity contribution >= 4 is 21.6 Å². The number of carbonyl (C=O) groups excluding carboxylic acids is 1. The van der Waals surface area contributed by atoms with Crippen molar-refractivity contribution in [1.29, 1.82) is 0 Å². The van der Waals surface area contributed by atoms with Crippen LogP contribution in [0.4, 0.5) is 5.69 Å². The zero-order valence-corrected chi connectivity index (χ0v) is 17.3. The number of sulfonamides is 1. The Kier molecular flexibility index (Phi) is 7.02. The van der Waals surface area contributed by atoms with Crippen LogP contribution >= 0.6 is 0 Å². The summed E-state index contributed by atoms with van der Waals surface area (Å²) in [6, 6.07) is 15.4. The van der Waals surface area contributed by atoms with Crippen LogP contribution in [0.2, 0.25) is 0 Å². The number of carbonyl (C=O) groups is 1. The predicted molar refractivity (Wildman–Crippen MR) is 110 cm³/mol. The van der Waals surface area contributed by atoms with Gasteiger partial charge in [0.05, 0.1) is 11.9 Å². The van der Waals surface area contributed by atoms with Crippen molar-refractivity contribution in [2.24, 2.45) is 0 Å². The molecule has 0 N–H and O–H groups in total. The maximum absolute atomic E-state index is 12.7. The van der Waals surface area contributed by atoms with Gasteiger partial charge in [0, 0.05) is 26.1 Å². The van der Waals surface area contributed by atoms with Crippen LogP contribution in [0.3, 0.4) is 0 Å². The van der Waals surface area contributed by atoms with Gasteiger partial charge in [-0.25, -0.2) is 8.42 Å². The average Bonchev–Trinajstić information content (AvgIpc) is 2.61. The minimum Gasteiger partial charge on any atom is -0.339 e. The van der Waals surface area contributed by atoms with Gasteiger partial charge in [-0.15, -0.1) is 0 Å². The molecular formula is C21H28N2O3S. The SMILES string of the molecule is CCN(Cc1ccccc1)C(=O)CCN(c1ccc(C)cc1C)S(C)(=O)=O. The minimum absolute atomic E-state index is 0.0558. The number of amides is 1. The van der Waals surface area contributed by atoms with E-state index in [2.05, 4.69) is 0 Å². The second-order valence-electron chi connectivity index (χ2n) is 6.77. The molecule has 0 heterocycles. The molecule has 0 radical (unpaired) electrons. The van der Waals surface area contributed by atoms with Crippen molar-refractivity contribution in [3.05, 3.63) is 65.2 Å². The van der Waals surface area contributed by atoms with Gasteiger partial charge in [-0.1, -0.05) is 48.0 Å². The standard InChI is InChI=1S/C21H28N2O3S/c1-5-22(16-19-9-7-6-8-10-19)21(24)13-14-23(27(4,25)26)20-12-11-17(2)15-18(20)3/h6-12,15H,5,13-14,16H2,1-4H3. The summed E-state index contributed by atoms with van der Waals surface area (Å²) in [6.07, 6.45) is 1.32. The lowest BCUT2D eigenvalue weighted by Crippen LogP contribution is -2.37. The van der Waals surface area contributed by atoms with Crippen LogP contribution in [0.25, 0.3) is 0 Å². The van der Waals surface area contributed by atoms with E-state index in [0.29, 0.717) is 18.8 Å². The Morgan fingerprint density at radius 1 is 1.04 bits per heavy atom. The van der Waals surface area contributed by atoms with Crippen molar-refractivity contribution in [1.82, 2.24) is 4.90 Å². The van der Waals surface area contributed by atoms with Gasteiger partial charge >= 0.3 is 0 Å². The minimum atomic E-state index is -3.48. The predicted octanol–water partition coefficient (Wildman–Crippen LogP) is 3.51. The highest BCUT2D eigenvalue weighted by molar-refractivity contribution is 7.92. The average molecular weight is 389 g/mol. The lowest BCUT2D eigenvalue weighted by Gasteiger charge is -2.26. The van der Waals surface area contributed by atoms with Crippen LogP contribution in [-0.2, 0) is 21.4 Å². The van der Waals surface area contributed by atoms with Crippen LogP contribution < -0.4 is 4.31 Å². The molecule has 2 rings (SSSR count). The molecule has 5 nitrogen and oxygen atoms in total. The molecule has 27 heavy (non-hydrogen) atoms. The molecule has 1 amide bonds. The second-order valence-corrected chi connectivity index (χ2v) is 8.68. The molecule has 2 aromatic carbocycles. The quantitative estimate of drug-likeness (QED) is 0.695. The summed E-state index contributed by atoms with van der Waals surface area (Å²) >= 11 is 0. The fraction of sp³-hybridized carbons (Fsp3) is 0.381. The Bertz CT molecular complexity index is 880. The third-order valence-corrected chi connectivity index (χ3v) is 5.68. The van der Waals surface area contributed by atoms with Crippen molar-refractivity contribution < 1.29 is 13.2 Å². The molecule has 0 spiro atoms. The molecule has 0 aliphatic heterocycles. The molecular weight excluding hydrogens is 360 g/mol. The molecule has 0 saturated carbocycles. The summed E-state index contributed by atoms with van der Waals surface area (Å²) in [5.74, 6) is -0.0558. The number of benzene rings is 2. The molecule has 0 aliphatic rings. The molecule has 0 saturated heterocycles. The van der Waals surface area contributed by atoms with E-state index in [1.165, 1.54) is 10.6 Å². The molecule has 0 unspecified atom stereocenters. The molecule has 2 aromatic rings. The van der Waals surface area contributed by atoms with E-state index >= 15 is 0 Å². The molecule has 0 bridgehead atoms. The van der Waals surface area contributed by atoms with Crippen molar-refractivity contribution in [3.63, 3.8) is 0 Å². The normalized spacial score (nSPS) is 11.3. The maximum Gasteiger partial charge on any atom is 0.232 e. The van der Waals surface area contributed by atoms with Crippen LogP contribution in [0.1, 0.15) is 30.0 Å². The third kappa shape index (κ3) is 5.82. The van der Waals surface area contributed by atoms with Crippen molar-refractivity contribution in [3.8, 4) is 0 Å². The van der Waals surface area contributed by atoms with E-state index in [-0.39, 0.29) is 18.9 Å². The van der Waals surface area contributed by atoms with Gasteiger partial charge in [0.25, 0.3) is 0 Å². The van der Waals surface area contributed by atoms with Gasteiger partial charge in [0.2, 0.25) is 15.9 Å². The van der Waals surface area contributed by atoms with E-state index in [1.54, 1.807) is 11.0 Å². The number of nitrogens with zero attached hydrogens (tertiary/aromatic N) is 2. The van der Waals surface area contributed by atoms with Crippen LogP contribution in [-0.4, -0.2) is 38.6 Å². The highest BCUT2D eigenvalue weighted by atomic mass is 32.2. The Balaban J connectivity index is 2.13. The van der Waals surface area contributed by atoms with E-state index in [1.807, 2.05) is 63.2 Å². The summed E-state index contributed by atoms with van der Waals surface area (Å²) in [4.78, 5) is 14.4. The number of rotatable bonds is 8. The molecule has 146 valence electrons. The van der Waals surface area contributed by atoms with Crippen LogP contribution in [0.5, 0.6) is 0 Å². The summed E-state index contributed by atoms with van der Waals surface area (Å²) in [5.41, 5.74) is 3.63. The first-order valence-electron chi connectivity index (χ1n) is 9.09. The Morgan fingerprint density at radius 3 is 2.26 bits per heavy atom. The summed E-state index contributed by atoms with van der Waals surface area (Å²) in [6.45, 7) is 7.02. The largest absolute Gasteiger partial charge is 0.339 e. The Hall–Kier alpha value is -2.34. The van der Waals surface area contributed by atoms with Gasteiger partial charge in [-0.2, -0.15) is 0 Å². The Labute approximate surface area is 162 Å². The zero-order valence-electron chi connectivity index (χ0n) is 16.5. The van der Waals surface area contributed by atoms with E-state index < -0.39 is 10.0 Å². The van der Waals surface area contributed by atoms with Gasteiger partial charge in [0.1, 0.15) is 0 Å². The van der Waals surface area contributed by atoms with E-state index in [4.69, 9.17) is 0 Å². The van der Waals surface area contributed by atoms with Gasteiger partial charge in [0.15, 0.2) is 0 Å². The first-order chi connectivity index (χ1) is 12.7. The molecule has 0 aromatic heterocycles. The number of aryl methyl sites for hydroxylation is 2. The summed E-state index contributed by atoms with van der Waals surface area (Å²) in [5, 5.41) is 0. The third-order valence-electron chi connectivity index (χ3n) is 4.50. The Morgan fingerprint density at radius 2 is 1.70 bits per heavy atom. The molecule has 0 aliphatic carbocycles. The van der Waals surface area contributed by atoms with E-state index in [9.17, 15) is 13.2 Å². The number of anilines is 1. The second kappa shape index (κ2) is 9.04. The fourth-order valence-corrected chi connectivity index (χ4v) is 4.07. The molecule has 0 fully saturated rings. The van der Waals surface area contributed by atoms with Crippen LogP contribution in [0.15, 0.2) is 48.5 Å². The monoisotopic (exact) mass is 388 g/mol. The summed E-state index contributed by atoms with van der Waals surface area (Å²) < 4.78 is 26.0. The molecule has 6 heteroatoms. The van der Waals surface area contributed by atoms with Gasteiger partial charge < -0.3 is 4.90 Å². The van der Waals surface area contributed by atoms with Gasteiger partial charge in [-0.05, 0) is 38.0 Å². The first-order valence-corrected chi connectivity index (χ1v) is 10.9. The first kappa shape index (κ1) is 21.0. The van der Waals surface area contributed by atoms with Gasteiger partial charge in [-0.3, -0.25) is 9.10 Å². The highest BCUT2D eigenvalue weighted by Crippen LogP contribution is 2.24.